The van der Waals surface area contributed by atoms with Crippen molar-refractivity contribution < 1.29 is 18.7 Å². The molecule has 1 aliphatic heterocycles. The molecule has 0 aromatic rings. The highest BCUT2D eigenvalue weighted by Gasteiger charge is 2.43. The maximum Gasteiger partial charge on any atom is 0.697 e. The lowest BCUT2D eigenvalue weighted by molar-refractivity contribution is 0.169. The summed E-state index contributed by atoms with van der Waals surface area (Å²) < 4.78 is 18.8. The molecule has 1 fully saturated rings. The third-order valence-electron chi connectivity index (χ3n) is 0.850. The zero-order chi connectivity index (χ0) is 6.15. The number of epoxide rings is 1. The van der Waals surface area contributed by atoms with Gasteiger partial charge in [-0.3, -0.25) is 0 Å². The number of ether oxygens (including phenoxy) is 1. The van der Waals surface area contributed by atoms with Crippen LogP contribution in [0.15, 0.2) is 0 Å². The Morgan fingerprint density at radius 1 is 1.88 bits per heavy atom. The van der Waals surface area contributed by atoms with Gasteiger partial charge in [0.2, 0.25) is 6.29 Å². The van der Waals surface area contributed by atoms with Crippen LogP contribution in [0.5, 0.6) is 0 Å². The molecule has 1 aliphatic rings. The summed E-state index contributed by atoms with van der Waals surface area (Å²) in [6.45, 7) is 1.77. The normalized spacial score (nSPS) is 37.0. The monoisotopic (exact) mass is 137 g/mol. The molecule has 0 saturated carbocycles. The standard InChI is InChI=1S/C3H5O4P/c1-2-3(6-2)7-8(4)5/h2-3H,1H3/p+1. The molecule has 0 bridgehead atoms. The smallest absolute Gasteiger partial charge is 0.338 e. The fraction of sp³-hybridized carbons (Fsp3) is 1.00. The highest BCUT2D eigenvalue weighted by molar-refractivity contribution is 7.32. The van der Waals surface area contributed by atoms with E-state index in [2.05, 4.69) is 9.26 Å². The molecule has 3 unspecified atom stereocenters. The van der Waals surface area contributed by atoms with Gasteiger partial charge >= 0.3 is 8.25 Å². The predicted octanol–water partition coefficient (Wildman–Crippen LogP) is 0.397. The van der Waals surface area contributed by atoms with E-state index in [1.165, 1.54) is 0 Å². The van der Waals surface area contributed by atoms with Crippen LogP contribution in [0.4, 0.5) is 0 Å². The Kier molecular flexibility index (Phi) is 1.58. The minimum atomic E-state index is -2.48. The molecular formula is C3H6O4P+. The first kappa shape index (κ1) is 6.11. The van der Waals surface area contributed by atoms with Gasteiger partial charge in [0.1, 0.15) is 6.10 Å². The molecule has 5 heteroatoms. The van der Waals surface area contributed by atoms with Crippen molar-refractivity contribution in [2.45, 2.75) is 19.3 Å². The van der Waals surface area contributed by atoms with Crippen LogP contribution in [-0.4, -0.2) is 17.3 Å². The molecule has 0 radical (unpaired) electrons. The van der Waals surface area contributed by atoms with Crippen LogP contribution in [0.1, 0.15) is 6.92 Å². The minimum absolute atomic E-state index is 0.0129. The summed E-state index contributed by atoms with van der Waals surface area (Å²) in [7, 11) is -2.48. The molecule has 46 valence electrons. The second-order valence-electron chi connectivity index (χ2n) is 1.55. The fourth-order valence-corrected chi connectivity index (χ4v) is 0.764. The number of hydrogen-bond donors (Lipinski definition) is 1. The van der Waals surface area contributed by atoms with E-state index in [1.807, 2.05) is 0 Å². The SMILES string of the molecule is CC1OC1O[P+](=O)O. The van der Waals surface area contributed by atoms with Gasteiger partial charge in [0, 0.05) is 4.57 Å². The van der Waals surface area contributed by atoms with Crippen molar-refractivity contribution in [2.24, 2.45) is 0 Å². The Labute approximate surface area is 47.4 Å². The van der Waals surface area contributed by atoms with Crippen molar-refractivity contribution in [3.63, 3.8) is 0 Å². The Morgan fingerprint density at radius 2 is 2.38 bits per heavy atom. The van der Waals surface area contributed by atoms with E-state index in [0.717, 1.165) is 0 Å². The van der Waals surface area contributed by atoms with Crippen LogP contribution in [0.25, 0.3) is 0 Å². The Hall–Kier alpha value is -0.0200. The largest absolute Gasteiger partial charge is 0.697 e. The van der Waals surface area contributed by atoms with E-state index < -0.39 is 14.5 Å². The second-order valence-corrected chi connectivity index (χ2v) is 2.24. The van der Waals surface area contributed by atoms with Gasteiger partial charge < -0.3 is 4.74 Å². The molecule has 0 aliphatic carbocycles. The molecule has 1 saturated heterocycles. The summed E-state index contributed by atoms with van der Waals surface area (Å²) >= 11 is 0. The van der Waals surface area contributed by atoms with Gasteiger partial charge in [-0.1, -0.05) is 4.52 Å². The Morgan fingerprint density at radius 3 is 2.50 bits per heavy atom. The summed E-state index contributed by atoms with van der Waals surface area (Å²) in [6.07, 6.45) is -0.454. The average molecular weight is 137 g/mol. The Balaban J connectivity index is 2.14. The first-order valence-electron chi connectivity index (χ1n) is 2.18. The second kappa shape index (κ2) is 2.07. The molecular weight excluding hydrogens is 131 g/mol. The van der Waals surface area contributed by atoms with E-state index in [1.54, 1.807) is 6.92 Å². The lowest BCUT2D eigenvalue weighted by atomic mass is 10.5. The van der Waals surface area contributed by atoms with Gasteiger partial charge in [-0.25, -0.2) is 0 Å². The van der Waals surface area contributed by atoms with Gasteiger partial charge in [0.05, 0.1) is 0 Å². The van der Waals surface area contributed by atoms with Gasteiger partial charge in [0.15, 0.2) is 0 Å². The van der Waals surface area contributed by atoms with Gasteiger partial charge in [-0.15, -0.1) is 4.89 Å². The molecule has 0 spiro atoms. The first-order valence-corrected chi connectivity index (χ1v) is 3.31. The quantitative estimate of drug-likeness (QED) is 0.442. The zero-order valence-electron chi connectivity index (χ0n) is 4.27. The van der Waals surface area contributed by atoms with Crippen LogP contribution in [0.2, 0.25) is 0 Å². The minimum Gasteiger partial charge on any atom is -0.338 e. The number of rotatable bonds is 2. The lowest BCUT2D eigenvalue weighted by Gasteiger charge is -1.70. The van der Waals surface area contributed by atoms with Crippen molar-refractivity contribution in [2.75, 3.05) is 0 Å². The summed E-state index contributed by atoms with van der Waals surface area (Å²) in [5.41, 5.74) is 0. The fourth-order valence-electron chi connectivity index (χ4n) is 0.366. The topological polar surface area (TPSA) is 59.1 Å². The van der Waals surface area contributed by atoms with Crippen LogP contribution in [-0.2, 0) is 13.8 Å². The molecule has 8 heavy (non-hydrogen) atoms. The van der Waals surface area contributed by atoms with Crippen molar-refractivity contribution in [1.82, 2.24) is 0 Å². The summed E-state index contributed by atoms with van der Waals surface area (Å²) in [5.74, 6) is 0. The first-order chi connectivity index (χ1) is 3.70. The molecule has 0 aromatic carbocycles. The zero-order valence-corrected chi connectivity index (χ0v) is 5.17. The highest BCUT2D eigenvalue weighted by Crippen LogP contribution is 2.31. The van der Waals surface area contributed by atoms with Gasteiger partial charge in [0.25, 0.3) is 0 Å². The molecule has 3 atom stereocenters. The third-order valence-corrected chi connectivity index (χ3v) is 1.24. The maximum atomic E-state index is 9.84. The van der Waals surface area contributed by atoms with E-state index in [-0.39, 0.29) is 6.10 Å². The van der Waals surface area contributed by atoms with Crippen molar-refractivity contribution in [1.29, 1.82) is 0 Å². The summed E-state index contributed by atoms with van der Waals surface area (Å²) in [4.78, 5) is 8.09. The van der Waals surface area contributed by atoms with E-state index in [9.17, 15) is 4.57 Å². The van der Waals surface area contributed by atoms with Crippen molar-refractivity contribution in [3.05, 3.63) is 0 Å². The Bertz CT molecular complexity index is 114. The molecule has 1 N–H and O–H groups in total. The predicted molar refractivity (Wildman–Crippen MR) is 25.2 cm³/mol. The van der Waals surface area contributed by atoms with Gasteiger partial charge in [-0.05, 0) is 6.92 Å². The van der Waals surface area contributed by atoms with Crippen LogP contribution in [0, 0.1) is 0 Å². The highest BCUT2D eigenvalue weighted by atomic mass is 31.1. The van der Waals surface area contributed by atoms with Gasteiger partial charge in [-0.2, -0.15) is 0 Å². The molecule has 4 nitrogen and oxygen atoms in total. The van der Waals surface area contributed by atoms with Crippen LogP contribution in [0.3, 0.4) is 0 Å². The van der Waals surface area contributed by atoms with Crippen LogP contribution < -0.4 is 0 Å². The molecule has 1 heterocycles. The van der Waals surface area contributed by atoms with Crippen molar-refractivity contribution in [3.8, 4) is 0 Å². The molecule has 1 rings (SSSR count). The third kappa shape index (κ3) is 1.49. The van der Waals surface area contributed by atoms with Crippen LogP contribution >= 0.6 is 8.25 Å². The molecule has 0 amide bonds. The maximum absolute atomic E-state index is 9.84. The van der Waals surface area contributed by atoms with E-state index in [0.29, 0.717) is 0 Å². The molecule has 0 aromatic heterocycles. The lowest BCUT2D eigenvalue weighted by Crippen LogP contribution is -1.87. The summed E-state index contributed by atoms with van der Waals surface area (Å²) in [5, 5.41) is 0. The van der Waals surface area contributed by atoms with E-state index in [4.69, 9.17) is 4.89 Å². The number of hydrogen-bond acceptors (Lipinski definition) is 3. The van der Waals surface area contributed by atoms with E-state index >= 15 is 0 Å². The summed E-state index contributed by atoms with van der Waals surface area (Å²) in [6, 6.07) is 0. The average Bonchev–Trinajstić information content (AvgIpc) is 2.17. The van der Waals surface area contributed by atoms with Crippen molar-refractivity contribution >= 4 is 8.25 Å².